The number of hydrogen-bond acceptors (Lipinski definition) is 16. The van der Waals surface area contributed by atoms with Crippen LogP contribution in [-0.2, 0) is 63.8 Å². The average molecular weight is 1840 g/mol. The maximum absolute atomic E-state index is 12.8. The number of carboxylic acids is 4. The number of carboxylic acid groups (broad SMARTS) is 4. The number of unbranched alkanes of at least 4 members (excludes halogenated alkanes) is 1. The van der Waals surface area contributed by atoms with Crippen molar-refractivity contribution in [1.29, 1.82) is 0 Å². The Labute approximate surface area is 798 Å². The van der Waals surface area contributed by atoms with Gasteiger partial charge in [-0.3, -0.25) is 19.9 Å². The lowest BCUT2D eigenvalue weighted by Crippen LogP contribution is -2.31. The van der Waals surface area contributed by atoms with Gasteiger partial charge >= 0.3 is 23.9 Å². The van der Waals surface area contributed by atoms with Crippen molar-refractivity contribution < 1.29 is 77.5 Å². The van der Waals surface area contributed by atoms with E-state index in [1.807, 2.05) is 267 Å². The van der Waals surface area contributed by atoms with Crippen LogP contribution in [0.5, 0.6) is 23.0 Å². The lowest BCUT2D eigenvalue weighted by atomic mass is 9.85. The molecule has 4 atom stereocenters. The molecule has 0 aliphatic carbocycles. The Bertz CT molecular complexity index is 7190. The molecule has 0 fully saturated rings. The third-order valence-corrected chi connectivity index (χ3v) is 26.3. The first kappa shape index (κ1) is 95.0. The lowest BCUT2D eigenvalue weighted by molar-refractivity contribution is -0.163. The molecule has 20 nitrogen and oxygen atoms in total. The number of fused-ring (bicyclic) bond motifs is 4. The van der Waals surface area contributed by atoms with Crippen molar-refractivity contribution in [2.24, 2.45) is 0 Å². The number of rotatable bonds is 23. The van der Waals surface area contributed by atoms with Crippen molar-refractivity contribution in [3.05, 3.63) is 286 Å². The number of aliphatic carboxylic acids is 4. The molecule has 16 aromatic rings. The second kappa shape index (κ2) is 38.8. The van der Waals surface area contributed by atoms with Crippen LogP contribution in [0.2, 0.25) is 0 Å². The van der Waals surface area contributed by atoms with Crippen LogP contribution in [0.4, 0.5) is 0 Å². The van der Waals surface area contributed by atoms with E-state index in [9.17, 15) is 39.6 Å². The summed E-state index contributed by atoms with van der Waals surface area (Å²) >= 11 is 0. The van der Waals surface area contributed by atoms with Gasteiger partial charge in [-0.1, -0.05) is 154 Å². The third-order valence-electron chi connectivity index (χ3n) is 26.3. The topological polar surface area (TPSA) is 275 Å². The molecule has 702 valence electrons. The zero-order valence-electron chi connectivity index (χ0n) is 80.8. The Morgan fingerprint density at radius 1 is 0.321 bits per heavy atom. The van der Waals surface area contributed by atoms with Crippen LogP contribution < -0.4 is 18.9 Å². The molecule has 0 spiro atoms. The summed E-state index contributed by atoms with van der Waals surface area (Å²) in [6, 6.07) is 64.7. The lowest BCUT2D eigenvalue weighted by Gasteiger charge is -2.31. The fraction of sp³-hybridized carbons (Fsp3) is 0.316. The average Bonchev–Trinajstić information content (AvgIpc) is 0.745. The fourth-order valence-electron chi connectivity index (χ4n) is 20.5. The van der Waals surface area contributed by atoms with E-state index < -0.39 is 70.7 Å². The van der Waals surface area contributed by atoms with Gasteiger partial charge in [0.1, 0.15) is 23.0 Å². The number of aromatic nitrogens is 4. The highest BCUT2D eigenvalue weighted by Crippen LogP contribution is 2.52. The Kier molecular flexibility index (Phi) is 26.9. The van der Waals surface area contributed by atoms with E-state index in [1.54, 1.807) is 0 Å². The van der Waals surface area contributed by atoms with E-state index in [0.29, 0.717) is 48.7 Å². The molecule has 0 unspecified atom stereocenters. The Hall–Kier alpha value is -13.8. The summed E-state index contributed by atoms with van der Waals surface area (Å²) in [4.78, 5) is 69.6. The van der Waals surface area contributed by atoms with Gasteiger partial charge in [0, 0.05) is 117 Å². The predicted molar refractivity (Wildman–Crippen MR) is 542 cm³/mol. The summed E-state index contributed by atoms with van der Waals surface area (Å²) in [5.41, 5.74) is 18.9. The number of carbonyl (C=O) groups is 4. The van der Waals surface area contributed by atoms with Gasteiger partial charge in [0.15, 0.2) is 24.4 Å². The molecule has 4 aliphatic rings. The van der Waals surface area contributed by atoms with E-state index >= 15 is 0 Å². The van der Waals surface area contributed by atoms with Gasteiger partial charge in [-0.25, -0.2) is 19.2 Å². The summed E-state index contributed by atoms with van der Waals surface area (Å²) in [6.45, 7) is 33.8. The van der Waals surface area contributed by atoms with Gasteiger partial charge in [0.05, 0.1) is 70.9 Å². The van der Waals surface area contributed by atoms with Crippen molar-refractivity contribution >= 4 is 111 Å². The Morgan fingerprint density at radius 2 is 0.562 bits per heavy atom. The van der Waals surface area contributed by atoms with Crippen molar-refractivity contribution in [2.45, 2.75) is 215 Å². The zero-order chi connectivity index (χ0) is 96.8. The SMILES string of the molecule is CCCC(C)(C)O[C@H](C(=O)O)c1c(C)cc2ccccc2c1-c1ccc2c3c(ccnc13)CCO2.CCCCC(C)(C)O[C@H](C(=O)O)c1c(C)cc2ccccc2c1-c1ccc2c3c(ccnc13)CCO2.Cc1cc2ccccc2c(-c2ccc3c4c(ccnc24)CCO3)c1[C@H](OC(C)(C)C)C(=O)O.Cc1cc2ccccc2c(-c2ccc3c4c(ccnc24)CCO3)c1[C@H](OC(C)(C)C)C(=O)O. The number of hydrogen-bond donors (Lipinski definition) is 4. The minimum Gasteiger partial charge on any atom is -0.493 e. The van der Waals surface area contributed by atoms with Crippen molar-refractivity contribution in [3.8, 4) is 67.5 Å². The maximum Gasteiger partial charge on any atom is 0.337 e. The summed E-state index contributed by atoms with van der Waals surface area (Å²) in [5.74, 6) is -0.706. The molecule has 20 heteroatoms. The Balaban J connectivity index is 0.000000127. The second-order valence-electron chi connectivity index (χ2n) is 39.4. The standard InChI is InChI=1S/C31H33NO4.C30H31NO4.2C28H27NO4/c1-5-6-15-31(3,4)36-29(30(33)34)25-19(2)18-21-9-7-8-10-22(21)27(25)23-11-12-24-26-20(14-17-35-24)13-16-32-28(23)26;1-5-14-30(3,4)35-28(29(32)33)24-18(2)17-20-8-6-7-9-21(20)26(24)22-10-11-23-25-19(13-16-34-23)12-15-31-27(22)25;2*1-16-15-18-7-5-6-8-19(18)24(22(16)26(27(30)31)33-28(2,3)4)20-9-10-21-23-17(12-14-32-21)11-13-29-25(20)23/h7-13,16,18,29H,5-6,14-15,17H2,1-4H3,(H,33,34);6-12,15,17,28H,5,13-14,16H2,1-4H3,(H,32,33);2*5-11,13,15,26H,12,14H2,1-4H3,(H,30,31)/t29-;28-;2*26-/m0000/s1. The van der Waals surface area contributed by atoms with Crippen LogP contribution >= 0.6 is 0 Å². The first-order valence-electron chi connectivity index (χ1n) is 47.5. The van der Waals surface area contributed by atoms with Crippen molar-refractivity contribution in [2.75, 3.05) is 26.4 Å². The molecule has 12 aromatic carbocycles. The number of nitrogens with zero attached hydrogens (tertiary/aromatic N) is 4. The molecule has 0 amide bonds. The minimum atomic E-state index is -1.12. The van der Waals surface area contributed by atoms with E-state index in [4.69, 9.17) is 57.8 Å². The molecular formula is C117H118N4O16. The van der Waals surface area contributed by atoms with Gasteiger partial charge in [-0.05, 0) is 292 Å². The van der Waals surface area contributed by atoms with E-state index in [1.165, 1.54) is 22.3 Å². The van der Waals surface area contributed by atoms with Gasteiger partial charge in [-0.2, -0.15) is 0 Å². The summed E-state index contributed by atoms with van der Waals surface area (Å²) in [5, 5.41) is 53.5. The molecular weight excluding hydrogens is 1720 g/mol. The van der Waals surface area contributed by atoms with E-state index in [2.05, 4.69) is 62.4 Å². The van der Waals surface area contributed by atoms with Crippen LogP contribution in [0.3, 0.4) is 0 Å². The van der Waals surface area contributed by atoms with Gasteiger partial charge in [0.2, 0.25) is 0 Å². The molecule has 20 rings (SSSR count). The van der Waals surface area contributed by atoms with Gasteiger partial charge in [0.25, 0.3) is 0 Å². The fourth-order valence-corrected chi connectivity index (χ4v) is 20.5. The summed E-state index contributed by atoms with van der Waals surface area (Å²) in [7, 11) is 0. The molecule has 0 saturated carbocycles. The van der Waals surface area contributed by atoms with Crippen LogP contribution in [0, 0.1) is 27.7 Å². The van der Waals surface area contributed by atoms with E-state index in [-0.39, 0.29) is 0 Å². The van der Waals surface area contributed by atoms with Crippen molar-refractivity contribution in [1.82, 2.24) is 19.9 Å². The second-order valence-corrected chi connectivity index (χ2v) is 39.4. The van der Waals surface area contributed by atoms with Gasteiger partial charge < -0.3 is 58.3 Å². The van der Waals surface area contributed by atoms with Crippen LogP contribution in [0.1, 0.15) is 206 Å². The highest BCUT2D eigenvalue weighted by atomic mass is 16.6. The van der Waals surface area contributed by atoms with Crippen LogP contribution in [0.15, 0.2) is 219 Å². The third kappa shape index (κ3) is 19.2. The first-order chi connectivity index (χ1) is 65.6. The number of ether oxygens (including phenoxy) is 8. The molecule has 4 N–H and O–H groups in total. The highest BCUT2D eigenvalue weighted by molar-refractivity contribution is 6.14. The molecule has 4 aliphatic heterocycles. The number of benzene rings is 12. The largest absolute Gasteiger partial charge is 0.493 e. The number of pyridine rings is 4. The number of aryl methyl sites for hydroxylation is 4. The van der Waals surface area contributed by atoms with Gasteiger partial charge in [-0.15, -0.1) is 0 Å². The smallest absolute Gasteiger partial charge is 0.337 e. The minimum absolute atomic E-state index is 0.583. The van der Waals surface area contributed by atoms with E-state index in [0.717, 1.165) is 234 Å². The quantitative estimate of drug-likeness (QED) is 0.0463. The van der Waals surface area contributed by atoms with Crippen molar-refractivity contribution in [3.63, 3.8) is 0 Å². The first-order valence-corrected chi connectivity index (χ1v) is 47.5. The van der Waals surface area contributed by atoms with Crippen LogP contribution in [0.25, 0.3) is 131 Å². The highest BCUT2D eigenvalue weighted by Gasteiger charge is 2.40. The monoisotopic (exact) mass is 1830 g/mol. The zero-order valence-corrected chi connectivity index (χ0v) is 80.8. The molecule has 137 heavy (non-hydrogen) atoms. The molecule has 0 radical (unpaired) electrons. The molecule has 0 saturated heterocycles. The maximum atomic E-state index is 12.8. The predicted octanol–water partition coefficient (Wildman–Crippen LogP) is 26.9. The molecule has 4 aromatic heterocycles. The molecule has 0 bridgehead atoms. The van der Waals surface area contributed by atoms with Crippen LogP contribution in [-0.4, -0.2) is 113 Å². The summed E-state index contributed by atoms with van der Waals surface area (Å²) < 4.78 is 48.8. The Morgan fingerprint density at radius 3 is 0.796 bits per heavy atom. The normalized spacial score (nSPS) is 14.2. The summed E-state index contributed by atoms with van der Waals surface area (Å²) in [6.07, 6.45) is 10.6. The molecule has 8 heterocycles.